The molecule has 1 saturated heterocycles. The predicted octanol–water partition coefficient (Wildman–Crippen LogP) is 4.33. The summed E-state index contributed by atoms with van der Waals surface area (Å²) in [5.41, 5.74) is 4.54. The van der Waals surface area contributed by atoms with Gasteiger partial charge in [-0.15, -0.1) is 0 Å². The summed E-state index contributed by atoms with van der Waals surface area (Å²) < 4.78 is 0. The van der Waals surface area contributed by atoms with Gasteiger partial charge in [0.2, 0.25) is 5.91 Å². The molecule has 3 aromatic rings. The van der Waals surface area contributed by atoms with E-state index in [4.69, 9.17) is 0 Å². The first-order valence-corrected chi connectivity index (χ1v) is 10.9. The van der Waals surface area contributed by atoms with Crippen molar-refractivity contribution in [3.05, 3.63) is 76.7 Å². The first-order valence-electron chi connectivity index (χ1n) is 10.0. The molecule has 0 radical (unpaired) electrons. The molecule has 1 unspecified atom stereocenters. The minimum absolute atomic E-state index is 0.230. The summed E-state index contributed by atoms with van der Waals surface area (Å²) in [7, 11) is 3.74. The summed E-state index contributed by atoms with van der Waals surface area (Å²) in [6, 6.07) is 14.9. The molecule has 5 heteroatoms. The van der Waals surface area contributed by atoms with Crippen LogP contribution in [-0.4, -0.2) is 47.9 Å². The van der Waals surface area contributed by atoms with Crippen molar-refractivity contribution < 1.29 is 4.79 Å². The Morgan fingerprint density at radius 3 is 2.62 bits per heavy atom. The zero-order valence-corrected chi connectivity index (χ0v) is 17.9. The van der Waals surface area contributed by atoms with Crippen molar-refractivity contribution in [2.45, 2.75) is 19.4 Å². The van der Waals surface area contributed by atoms with Gasteiger partial charge in [0.15, 0.2) is 0 Å². The van der Waals surface area contributed by atoms with Gasteiger partial charge >= 0.3 is 0 Å². The topological polar surface area (TPSA) is 36.4 Å². The van der Waals surface area contributed by atoms with Crippen molar-refractivity contribution in [1.29, 1.82) is 0 Å². The minimum atomic E-state index is -0.365. The molecule has 1 aliphatic rings. The summed E-state index contributed by atoms with van der Waals surface area (Å²) in [6.07, 6.45) is 5.37. The van der Waals surface area contributed by atoms with E-state index in [1.54, 1.807) is 22.4 Å². The monoisotopic (exact) mass is 405 g/mol. The van der Waals surface area contributed by atoms with E-state index in [-0.39, 0.29) is 11.3 Å². The number of hydrogen-bond donors (Lipinski definition) is 0. The molecule has 3 heterocycles. The highest BCUT2D eigenvalue weighted by molar-refractivity contribution is 7.08. The van der Waals surface area contributed by atoms with E-state index in [0.29, 0.717) is 0 Å². The van der Waals surface area contributed by atoms with Crippen molar-refractivity contribution >= 4 is 17.2 Å². The van der Waals surface area contributed by atoms with E-state index in [0.717, 1.165) is 32.5 Å². The van der Waals surface area contributed by atoms with Crippen LogP contribution < -0.4 is 0 Å². The third kappa shape index (κ3) is 4.41. The number of pyridine rings is 1. The number of nitrogens with zero attached hydrogens (tertiary/aromatic N) is 3. The second kappa shape index (κ2) is 8.47. The maximum atomic E-state index is 13.2. The minimum Gasteiger partial charge on any atom is -0.348 e. The van der Waals surface area contributed by atoms with Gasteiger partial charge in [0, 0.05) is 39.6 Å². The first kappa shape index (κ1) is 19.8. The molecule has 2 aromatic heterocycles. The van der Waals surface area contributed by atoms with E-state index in [1.807, 2.05) is 26.4 Å². The van der Waals surface area contributed by atoms with E-state index < -0.39 is 0 Å². The fraction of sp³-hybridized carbons (Fsp3) is 0.333. The largest absolute Gasteiger partial charge is 0.348 e. The highest BCUT2D eigenvalue weighted by atomic mass is 32.1. The SMILES string of the molecule is CN(C)C(=O)C1(Cc2ccc(-c3ccsc3)cc2)CCN(Cc2cccnc2)C1. The van der Waals surface area contributed by atoms with Crippen LogP contribution >= 0.6 is 11.3 Å². The molecule has 1 fully saturated rings. The molecule has 0 aliphatic carbocycles. The highest BCUT2D eigenvalue weighted by Gasteiger charge is 2.45. The Hall–Kier alpha value is -2.50. The Kier molecular flexibility index (Phi) is 5.79. The Morgan fingerprint density at radius 2 is 1.97 bits per heavy atom. The van der Waals surface area contributed by atoms with Crippen molar-refractivity contribution in [3.63, 3.8) is 0 Å². The maximum absolute atomic E-state index is 13.2. The zero-order chi connectivity index (χ0) is 20.3. The van der Waals surface area contributed by atoms with Crippen LogP contribution in [0, 0.1) is 5.41 Å². The molecule has 0 saturated carbocycles. The lowest BCUT2D eigenvalue weighted by Crippen LogP contribution is -2.43. The number of amides is 1. The lowest BCUT2D eigenvalue weighted by Gasteiger charge is -2.31. The summed E-state index contributed by atoms with van der Waals surface area (Å²) in [6.45, 7) is 2.56. The van der Waals surface area contributed by atoms with Crippen LogP contribution in [0.2, 0.25) is 0 Å². The zero-order valence-electron chi connectivity index (χ0n) is 17.0. The van der Waals surface area contributed by atoms with Crippen molar-refractivity contribution in [3.8, 4) is 11.1 Å². The molecule has 1 atom stereocenters. The van der Waals surface area contributed by atoms with Gasteiger partial charge in [0.05, 0.1) is 5.41 Å². The molecule has 1 aliphatic heterocycles. The van der Waals surface area contributed by atoms with Gasteiger partial charge in [-0.2, -0.15) is 11.3 Å². The third-order valence-electron chi connectivity index (χ3n) is 5.77. The molecule has 4 nitrogen and oxygen atoms in total. The van der Waals surface area contributed by atoms with Crippen LogP contribution in [0.5, 0.6) is 0 Å². The molecular weight excluding hydrogens is 378 g/mol. The normalized spacial score (nSPS) is 19.4. The number of benzene rings is 1. The van der Waals surface area contributed by atoms with Crippen LogP contribution in [-0.2, 0) is 17.8 Å². The van der Waals surface area contributed by atoms with Crippen molar-refractivity contribution in [2.75, 3.05) is 27.2 Å². The molecule has 0 N–H and O–H groups in total. The summed E-state index contributed by atoms with van der Waals surface area (Å²) >= 11 is 1.71. The molecule has 0 bridgehead atoms. The number of carbonyl (C=O) groups is 1. The van der Waals surface area contributed by atoms with Gasteiger partial charge in [0.1, 0.15) is 0 Å². The van der Waals surface area contributed by atoms with E-state index in [2.05, 4.69) is 57.0 Å². The van der Waals surface area contributed by atoms with Gasteiger partial charge in [-0.25, -0.2) is 0 Å². The fourth-order valence-electron chi connectivity index (χ4n) is 4.35. The standard InChI is InChI=1S/C24H27N3OS/c1-26(2)23(28)24(10-12-27(18-24)16-20-4-3-11-25-15-20)14-19-5-7-21(8-6-19)22-9-13-29-17-22/h3-9,11,13,15,17H,10,12,14,16,18H2,1-2H3. The first-order chi connectivity index (χ1) is 14.1. The van der Waals surface area contributed by atoms with Crippen LogP contribution in [0.1, 0.15) is 17.5 Å². The maximum Gasteiger partial charge on any atom is 0.229 e. The molecular formula is C24H27N3OS. The Morgan fingerprint density at radius 1 is 1.14 bits per heavy atom. The quantitative estimate of drug-likeness (QED) is 0.612. The average molecular weight is 406 g/mol. The Balaban J connectivity index is 1.52. The lowest BCUT2D eigenvalue weighted by molar-refractivity contribution is -0.138. The fourth-order valence-corrected chi connectivity index (χ4v) is 5.01. The van der Waals surface area contributed by atoms with Gasteiger partial charge in [-0.3, -0.25) is 14.7 Å². The van der Waals surface area contributed by atoms with E-state index in [1.165, 1.54) is 22.3 Å². The summed E-state index contributed by atoms with van der Waals surface area (Å²) in [5, 5.41) is 4.27. The molecule has 150 valence electrons. The number of hydrogen-bond acceptors (Lipinski definition) is 4. The van der Waals surface area contributed by atoms with Crippen LogP contribution in [0.25, 0.3) is 11.1 Å². The van der Waals surface area contributed by atoms with Crippen LogP contribution in [0.3, 0.4) is 0 Å². The van der Waals surface area contributed by atoms with E-state index >= 15 is 0 Å². The van der Waals surface area contributed by atoms with Crippen molar-refractivity contribution in [1.82, 2.24) is 14.8 Å². The van der Waals surface area contributed by atoms with Crippen LogP contribution in [0.4, 0.5) is 0 Å². The molecule has 0 spiro atoms. The summed E-state index contributed by atoms with van der Waals surface area (Å²) in [4.78, 5) is 21.6. The lowest BCUT2D eigenvalue weighted by atomic mass is 9.79. The Labute approximate surface area is 176 Å². The number of carbonyl (C=O) groups excluding carboxylic acids is 1. The second-order valence-electron chi connectivity index (χ2n) is 8.19. The second-order valence-corrected chi connectivity index (χ2v) is 8.97. The number of likely N-dealkylation sites (tertiary alicyclic amines) is 1. The van der Waals surface area contributed by atoms with Gasteiger partial charge in [0.25, 0.3) is 0 Å². The van der Waals surface area contributed by atoms with Crippen molar-refractivity contribution in [2.24, 2.45) is 5.41 Å². The molecule has 1 amide bonds. The van der Waals surface area contributed by atoms with E-state index in [9.17, 15) is 4.79 Å². The molecule has 4 rings (SSSR count). The number of thiophene rings is 1. The summed E-state index contributed by atoms with van der Waals surface area (Å²) in [5.74, 6) is 0.230. The number of aromatic nitrogens is 1. The smallest absolute Gasteiger partial charge is 0.229 e. The predicted molar refractivity (Wildman–Crippen MR) is 119 cm³/mol. The van der Waals surface area contributed by atoms with Gasteiger partial charge < -0.3 is 4.90 Å². The molecule has 29 heavy (non-hydrogen) atoms. The highest BCUT2D eigenvalue weighted by Crippen LogP contribution is 2.37. The van der Waals surface area contributed by atoms with Gasteiger partial charge in [-0.1, -0.05) is 30.3 Å². The average Bonchev–Trinajstić information content (AvgIpc) is 3.40. The van der Waals surface area contributed by atoms with Gasteiger partial charge in [-0.05, 0) is 64.5 Å². The Bertz CT molecular complexity index is 938. The van der Waals surface area contributed by atoms with Crippen LogP contribution in [0.15, 0.2) is 65.6 Å². The third-order valence-corrected chi connectivity index (χ3v) is 6.46. The molecule has 1 aromatic carbocycles. The number of rotatable bonds is 6.